The van der Waals surface area contributed by atoms with Gasteiger partial charge in [-0.15, -0.1) is 0 Å². The van der Waals surface area contributed by atoms with Crippen LogP contribution in [0.5, 0.6) is 5.75 Å². The maximum absolute atomic E-state index is 13.9. The molecular formula is C43H46Cl2FN9O6. The molecule has 4 N–H and O–H groups in total. The fraction of sp³-hybridized carbons (Fsp3) is 0.419. The van der Waals surface area contributed by atoms with Gasteiger partial charge in [0.25, 0.3) is 11.8 Å². The first-order valence-electron chi connectivity index (χ1n) is 20.6. The Morgan fingerprint density at radius 3 is 2.59 bits per heavy atom. The maximum Gasteiger partial charge on any atom is 0.264 e. The summed E-state index contributed by atoms with van der Waals surface area (Å²) in [5.74, 6) is -1.48. The number of piperidine rings is 2. The van der Waals surface area contributed by atoms with Crippen molar-refractivity contribution in [2.24, 2.45) is 5.92 Å². The van der Waals surface area contributed by atoms with E-state index in [9.17, 15) is 28.4 Å². The number of nitrogen functional groups attached to an aromatic ring is 1. The van der Waals surface area contributed by atoms with E-state index in [0.29, 0.717) is 54.0 Å². The number of hydrogen-bond acceptors (Lipinski definition) is 11. The van der Waals surface area contributed by atoms with Gasteiger partial charge in [-0.05, 0) is 74.5 Å². The normalized spacial score (nSPS) is 18.6. The SMILES string of the molecule is Nc1ncc(-c2cnn(C3CCN(C(=O)CCCCN4CC(CNc5cccc6c5C(=O)N([C@@H]5CCC(=O)NC5=O)C6=O)C4)CC3)c2)cc1OCCc1c(Cl)ccc(F)c1Cl. The van der Waals surface area contributed by atoms with Crippen molar-refractivity contribution < 1.29 is 33.1 Å². The molecule has 4 aliphatic heterocycles. The van der Waals surface area contributed by atoms with Gasteiger partial charge in [-0.25, -0.2) is 9.37 Å². The highest BCUT2D eigenvalue weighted by atomic mass is 35.5. The average molecular weight is 875 g/mol. The number of nitrogens with one attached hydrogen (secondary N) is 2. The van der Waals surface area contributed by atoms with Crippen LogP contribution < -0.4 is 21.1 Å². The maximum atomic E-state index is 13.9. The number of ether oxygens (including phenoxy) is 1. The molecule has 0 bridgehead atoms. The number of unbranched alkanes of at least 4 members (excludes halogenated alkanes) is 1. The summed E-state index contributed by atoms with van der Waals surface area (Å²) >= 11 is 12.3. The Morgan fingerprint density at radius 1 is 1.00 bits per heavy atom. The number of nitrogens with two attached hydrogens (primary N) is 1. The summed E-state index contributed by atoms with van der Waals surface area (Å²) in [6.45, 7) is 4.81. The molecular weight excluding hydrogens is 828 g/mol. The van der Waals surface area contributed by atoms with E-state index in [1.165, 1.54) is 12.1 Å². The number of halogens is 3. The molecule has 2 aromatic heterocycles. The van der Waals surface area contributed by atoms with Crippen molar-refractivity contribution in [2.45, 2.75) is 63.5 Å². The monoisotopic (exact) mass is 873 g/mol. The third-order valence-corrected chi connectivity index (χ3v) is 12.7. The summed E-state index contributed by atoms with van der Waals surface area (Å²) in [6, 6.07) is 8.71. The Balaban J connectivity index is 0.728. The Hall–Kier alpha value is -5.58. The van der Waals surface area contributed by atoms with Crippen molar-refractivity contribution in [3.05, 3.63) is 87.5 Å². The lowest BCUT2D eigenvalue weighted by Gasteiger charge is -2.39. The summed E-state index contributed by atoms with van der Waals surface area (Å²) in [7, 11) is 0. The number of likely N-dealkylation sites (tertiary alicyclic amines) is 2. The van der Waals surface area contributed by atoms with Crippen molar-refractivity contribution in [1.29, 1.82) is 0 Å². The lowest BCUT2D eigenvalue weighted by atomic mass is 9.98. The largest absolute Gasteiger partial charge is 0.489 e. The molecule has 1 atom stereocenters. The van der Waals surface area contributed by atoms with Crippen LogP contribution in [0.4, 0.5) is 15.9 Å². The molecule has 3 fully saturated rings. The zero-order chi connectivity index (χ0) is 42.8. The molecule has 2 aromatic carbocycles. The first-order chi connectivity index (χ1) is 29.4. The zero-order valence-corrected chi connectivity index (χ0v) is 34.9. The van der Waals surface area contributed by atoms with E-state index in [1.807, 2.05) is 15.8 Å². The van der Waals surface area contributed by atoms with Gasteiger partial charge in [-0.2, -0.15) is 5.10 Å². The molecule has 320 valence electrons. The Morgan fingerprint density at radius 2 is 1.80 bits per heavy atom. The van der Waals surface area contributed by atoms with Crippen LogP contribution in [0.15, 0.2) is 55.0 Å². The molecule has 15 nitrogen and oxygen atoms in total. The van der Waals surface area contributed by atoms with E-state index in [1.54, 1.807) is 36.7 Å². The predicted molar refractivity (Wildman–Crippen MR) is 226 cm³/mol. The topological polar surface area (TPSA) is 185 Å². The smallest absolute Gasteiger partial charge is 0.264 e. The molecule has 8 rings (SSSR count). The lowest BCUT2D eigenvalue weighted by molar-refractivity contribution is -0.136. The fourth-order valence-corrected chi connectivity index (χ4v) is 9.09. The third-order valence-electron chi connectivity index (χ3n) is 12.0. The van der Waals surface area contributed by atoms with Crippen LogP contribution in [0.3, 0.4) is 0 Å². The first-order valence-corrected chi connectivity index (χ1v) is 21.3. The molecule has 4 aromatic rings. The second-order valence-corrected chi connectivity index (χ2v) is 16.8. The summed E-state index contributed by atoms with van der Waals surface area (Å²) < 4.78 is 21.8. The minimum atomic E-state index is -1.00. The quantitative estimate of drug-likeness (QED) is 0.0793. The molecule has 5 amide bonds. The van der Waals surface area contributed by atoms with E-state index in [-0.39, 0.29) is 59.8 Å². The van der Waals surface area contributed by atoms with Crippen molar-refractivity contribution >= 4 is 64.2 Å². The van der Waals surface area contributed by atoms with Gasteiger partial charge in [0.1, 0.15) is 11.9 Å². The number of rotatable bonds is 15. The fourth-order valence-electron chi connectivity index (χ4n) is 8.53. The van der Waals surface area contributed by atoms with Crippen molar-refractivity contribution in [3.63, 3.8) is 0 Å². The minimum Gasteiger partial charge on any atom is -0.489 e. The van der Waals surface area contributed by atoms with Crippen LogP contribution in [0.2, 0.25) is 10.0 Å². The van der Waals surface area contributed by atoms with Crippen LogP contribution in [-0.4, -0.2) is 111 Å². The first kappa shape index (κ1) is 42.1. The van der Waals surface area contributed by atoms with E-state index >= 15 is 0 Å². The molecule has 4 aliphatic rings. The van der Waals surface area contributed by atoms with Crippen LogP contribution in [-0.2, 0) is 20.8 Å². The number of imide groups is 2. The Kier molecular flexibility index (Phi) is 12.6. The highest BCUT2D eigenvalue weighted by Crippen LogP contribution is 2.34. The number of pyridine rings is 1. The molecule has 18 heteroatoms. The summed E-state index contributed by atoms with van der Waals surface area (Å²) in [5, 5.41) is 10.5. The van der Waals surface area contributed by atoms with Gasteiger partial charge in [0.2, 0.25) is 17.7 Å². The molecule has 3 saturated heterocycles. The van der Waals surface area contributed by atoms with Crippen molar-refractivity contribution in [1.82, 2.24) is 34.8 Å². The number of carbonyl (C=O) groups is 5. The number of carbonyl (C=O) groups excluding carboxylic acids is 5. The summed E-state index contributed by atoms with van der Waals surface area (Å²) in [6.07, 6.45) is 9.70. The number of nitrogens with zero attached hydrogens (tertiary/aromatic N) is 6. The van der Waals surface area contributed by atoms with E-state index in [2.05, 4.69) is 25.6 Å². The Labute approximate surface area is 361 Å². The number of aromatic nitrogens is 3. The summed E-state index contributed by atoms with van der Waals surface area (Å²) in [4.78, 5) is 73.3. The number of amides is 5. The second kappa shape index (κ2) is 18.2. The highest BCUT2D eigenvalue weighted by molar-refractivity contribution is 6.36. The number of fused-ring (bicyclic) bond motifs is 1. The molecule has 6 heterocycles. The number of hydrogen-bond donors (Lipinski definition) is 3. The van der Waals surface area contributed by atoms with Crippen LogP contribution in [0.1, 0.15) is 77.3 Å². The zero-order valence-electron chi connectivity index (χ0n) is 33.4. The van der Waals surface area contributed by atoms with Gasteiger partial charge in [0, 0.05) is 92.1 Å². The number of benzene rings is 2. The van der Waals surface area contributed by atoms with Gasteiger partial charge in [-0.3, -0.25) is 38.9 Å². The predicted octanol–water partition coefficient (Wildman–Crippen LogP) is 5.37. The van der Waals surface area contributed by atoms with Gasteiger partial charge < -0.3 is 25.6 Å². The van der Waals surface area contributed by atoms with Crippen molar-refractivity contribution in [2.75, 3.05) is 56.9 Å². The van der Waals surface area contributed by atoms with Gasteiger partial charge >= 0.3 is 0 Å². The van der Waals surface area contributed by atoms with E-state index in [4.69, 9.17) is 33.7 Å². The molecule has 0 unspecified atom stereocenters. The van der Waals surface area contributed by atoms with Gasteiger partial charge in [-0.1, -0.05) is 29.3 Å². The van der Waals surface area contributed by atoms with E-state index < -0.39 is 35.5 Å². The van der Waals surface area contributed by atoms with Crippen molar-refractivity contribution in [3.8, 4) is 16.9 Å². The van der Waals surface area contributed by atoms with Crippen LogP contribution >= 0.6 is 23.2 Å². The average Bonchev–Trinajstić information content (AvgIpc) is 3.83. The summed E-state index contributed by atoms with van der Waals surface area (Å²) in [5.41, 5.74) is 9.27. The number of anilines is 2. The van der Waals surface area contributed by atoms with Crippen LogP contribution in [0.25, 0.3) is 11.1 Å². The standard InChI is InChI=1S/C43H46Cl2FN9O6/c44-31-7-8-32(46)39(45)29(31)13-17-61-35-18-26(20-49-40(35)47)27-21-50-54(24-27)28-11-15-53(16-12-28)37(57)6-1-2-14-52-22-25(23-52)19-48-33-5-3-4-30-38(33)43(60)55(42(30)59)34-9-10-36(56)51-41(34)58/h3-5,7-8,18,20-21,24-25,28,34,48H,1-2,6,9-17,19,22-23H2,(H2,47,49)(H,51,56,58)/t34-/m1/s1. The molecule has 61 heavy (non-hydrogen) atoms. The molecule has 0 saturated carbocycles. The van der Waals surface area contributed by atoms with E-state index in [0.717, 1.165) is 61.3 Å². The minimum absolute atomic E-state index is 0.0282. The third kappa shape index (κ3) is 9.07. The van der Waals surface area contributed by atoms with Gasteiger partial charge in [0.05, 0.1) is 35.0 Å². The molecule has 0 spiro atoms. The van der Waals surface area contributed by atoms with Gasteiger partial charge in [0.15, 0.2) is 11.6 Å². The molecule has 0 aliphatic carbocycles. The lowest BCUT2D eigenvalue weighted by Crippen LogP contribution is -2.54. The second-order valence-electron chi connectivity index (χ2n) is 16.0. The highest BCUT2D eigenvalue weighted by Gasteiger charge is 2.45. The Bertz CT molecular complexity index is 2360. The molecule has 0 radical (unpaired) electrons. The van der Waals surface area contributed by atoms with Crippen LogP contribution in [0, 0.1) is 11.7 Å².